The van der Waals surface area contributed by atoms with Crippen LogP contribution in [0.2, 0.25) is 5.02 Å². The van der Waals surface area contributed by atoms with E-state index >= 15 is 0 Å². The normalized spacial score (nSPS) is 16.0. The summed E-state index contributed by atoms with van der Waals surface area (Å²) in [6.45, 7) is 0. The van der Waals surface area contributed by atoms with E-state index in [9.17, 15) is 4.79 Å². The van der Waals surface area contributed by atoms with E-state index in [0.29, 0.717) is 17.2 Å². The highest BCUT2D eigenvalue weighted by Crippen LogP contribution is 2.35. The maximum Gasteiger partial charge on any atom is 0.253 e. The van der Waals surface area contributed by atoms with Gasteiger partial charge in [-0.1, -0.05) is 23.7 Å². The minimum atomic E-state index is -0.263. The quantitative estimate of drug-likeness (QED) is 0.494. The van der Waals surface area contributed by atoms with Gasteiger partial charge < -0.3 is 9.15 Å². The van der Waals surface area contributed by atoms with Crippen LogP contribution in [0.3, 0.4) is 0 Å². The van der Waals surface area contributed by atoms with E-state index in [1.807, 2.05) is 60.7 Å². The molecule has 0 radical (unpaired) electrons. The van der Waals surface area contributed by atoms with Gasteiger partial charge in [0.25, 0.3) is 5.91 Å². The topological polar surface area (TPSA) is 55.0 Å². The van der Waals surface area contributed by atoms with Gasteiger partial charge in [0.05, 0.1) is 29.9 Å². The minimum absolute atomic E-state index is 0.0974. The van der Waals surface area contributed by atoms with Crippen LogP contribution in [-0.4, -0.2) is 29.5 Å². The second-order valence-corrected chi connectivity index (χ2v) is 7.89. The number of hydrogen-bond donors (Lipinski definition) is 0. The molecule has 0 fully saturated rings. The number of furan rings is 1. The van der Waals surface area contributed by atoms with E-state index in [1.165, 1.54) is 16.8 Å². The zero-order valence-corrected chi connectivity index (χ0v) is 17.3. The van der Waals surface area contributed by atoms with Crippen LogP contribution >= 0.6 is 23.4 Å². The van der Waals surface area contributed by atoms with Crippen LogP contribution in [-0.2, 0) is 4.79 Å². The molecule has 0 aliphatic carbocycles. The maximum absolute atomic E-state index is 13.0. The SMILES string of the molecule is COc1ccc(C2=NN(C(=O)CSc3ccccc3Cl)C(c3ccco3)C2)cc1. The fraction of sp³-hybridized carbons (Fsp3) is 0.182. The van der Waals surface area contributed by atoms with Gasteiger partial charge in [0.15, 0.2) is 0 Å². The van der Waals surface area contributed by atoms with E-state index in [0.717, 1.165) is 21.9 Å². The molecule has 0 spiro atoms. The van der Waals surface area contributed by atoms with Crippen LogP contribution in [0.25, 0.3) is 0 Å². The second-order valence-electron chi connectivity index (χ2n) is 6.47. The first-order valence-corrected chi connectivity index (χ1v) is 10.5. The van der Waals surface area contributed by atoms with E-state index < -0.39 is 0 Å². The number of ether oxygens (including phenoxy) is 1. The van der Waals surface area contributed by atoms with Crippen LogP contribution in [0.4, 0.5) is 0 Å². The number of methoxy groups -OCH3 is 1. The van der Waals surface area contributed by atoms with Crippen molar-refractivity contribution in [2.24, 2.45) is 5.10 Å². The summed E-state index contributed by atoms with van der Waals surface area (Å²) in [6.07, 6.45) is 2.20. The lowest BCUT2D eigenvalue weighted by Crippen LogP contribution is -2.28. The van der Waals surface area contributed by atoms with Crippen molar-refractivity contribution in [3.63, 3.8) is 0 Å². The first-order chi connectivity index (χ1) is 14.2. The zero-order chi connectivity index (χ0) is 20.2. The van der Waals surface area contributed by atoms with Crippen molar-refractivity contribution >= 4 is 35.0 Å². The Morgan fingerprint density at radius 2 is 2.00 bits per heavy atom. The summed E-state index contributed by atoms with van der Waals surface area (Å²) in [7, 11) is 1.63. The van der Waals surface area contributed by atoms with Crippen molar-refractivity contribution in [3.05, 3.63) is 83.3 Å². The lowest BCUT2D eigenvalue weighted by atomic mass is 10.0. The molecule has 1 aliphatic heterocycles. The summed E-state index contributed by atoms with van der Waals surface area (Å²) < 4.78 is 10.8. The number of rotatable bonds is 6. The van der Waals surface area contributed by atoms with E-state index in [4.69, 9.17) is 20.8 Å². The van der Waals surface area contributed by atoms with Gasteiger partial charge >= 0.3 is 0 Å². The van der Waals surface area contributed by atoms with Crippen molar-refractivity contribution < 1.29 is 13.9 Å². The summed E-state index contributed by atoms with van der Waals surface area (Å²) in [5, 5.41) is 6.80. The van der Waals surface area contributed by atoms with Gasteiger partial charge in [-0.2, -0.15) is 5.10 Å². The Morgan fingerprint density at radius 3 is 2.69 bits per heavy atom. The molecule has 1 aliphatic rings. The van der Waals surface area contributed by atoms with Gasteiger partial charge in [-0.3, -0.25) is 4.79 Å². The summed E-state index contributed by atoms with van der Waals surface area (Å²) >= 11 is 7.61. The summed E-state index contributed by atoms with van der Waals surface area (Å²) in [5.74, 6) is 1.63. The third-order valence-corrected chi connectivity index (χ3v) is 6.15. The maximum atomic E-state index is 13.0. The Hall–Kier alpha value is -2.70. The van der Waals surface area contributed by atoms with E-state index in [-0.39, 0.29) is 17.7 Å². The Morgan fingerprint density at radius 1 is 1.21 bits per heavy atom. The third kappa shape index (κ3) is 4.33. The molecule has 1 unspecified atom stereocenters. The van der Waals surface area contributed by atoms with Crippen molar-refractivity contribution in [1.29, 1.82) is 0 Å². The number of carbonyl (C=O) groups excluding carboxylic acids is 1. The van der Waals surface area contributed by atoms with Crippen molar-refractivity contribution in [3.8, 4) is 5.75 Å². The molecule has 3 aromatic rings. The smallest absolute Gasteiger partial charge is 0.253 e. The number of hydrogen-bond acceptors (Lipinski definition) is 5. The zero-order valence-electron chi connectivity index (χ0n) is 15.7. The fourth-order valence-electron chi connectivity index (χ4n) is 3.17. The summed E-state index contributed by atoms with van der Waals surface area (Å²) in [4.78, 5) is 13.9. The van der Waals surface area contributed by atoms with Gasteiger partial charge in [0, 0.05) is 11.3 Å². The molecule has 1 atom stereocenters. The first-order valence-electron chi connectivity index (χ1n) is 9.10. The Kier molecular flexibility index (Phi) is 5.92. The van der Waals surface area contributed by atoms with Crippen LogP contribution in [0, 0.1) is 0 Å². The summed E-state index contributed by atoms with van der Waals surface area (Å²) in [6, 6.07) is 18.6. The van der Waals surface area contributed by atoms with Gasteiger partial charge in [-0.15, -0.1) is 11.8 Å². The minimum Gasteiger partial charge on any atom is -0.497 e. The average molecular weight is 427 g/mol. The molecule has 7 heteroatoms. The van der Waals surface area contributed by atoms with Crippen LogP contribution < -0.4 is 4.74 Å². The van der Waals surface area contributed by atoms with Gasteiger partial charge in [0.1, 0.15) is 17.6 Å². The average Bonchev–Trinajstić information content (AvgIpc) is 3.43. The van der Waals surface area contributed by atoms with Gasteiger partial charge in [-0.25, -0.2) is 5.01 Å². The molecule has 0 bridgehead atoms. The standard InChI is InChI=1S/C22H19ClN2O3S/c1-27-16-10-8-15(9-11-16)18-13-19(20-6-4-12-28-20)25(24-18)22(26)14-29-21-7-3-2-5-17(21)23/h2-12,19H,13-14H2,1H3. The molecule has 4 rings (SSSR count). The predicted molar refractivity (Wildman–Crippen MR) is 115 cm³/mol. The molecule has 148 valence electrons. The largest absolute Gasteiger partial charge is 0.497 e. The first kappa shape index (κ1) is 19.6. The van der Waals surface area contributed by atoms with Crippen LogP contribution in [0.15, 0.2) is 81.3 Å². The molecule has 1 aromatic heterocycles. The fourth-order valence-corrected chi connectivity index (χ4v) is 4.26. The molecule has 2 heterocycles. The molecule has 5 nitrogen and oxygen atoms in total. The van der Waals surface area contributed by atoms with Crippen LogP contribution in [0.1, 0.15) is 23.8 Å². The number of thioether (sulfide) groups is 1. The number of benzene rings is 2. The van der Waals surface area contributed by atoms with Crippen molar-refractivity contribution in [2.45, 2.75) is 17.4 Å². The monoisotopic (exact) mass is 426 g/mol. The van der Waals surface area contributed by atoms with E-state index in [2.05, 4.69) is 5.10 Å². The number of hydrazone groups is 1. The molecule has 0 saturated carbocycles. The molecule has 2 aromatic carbocycles. The molecule has 1 amide bonds. The number of halogens is 1. The van der Waals surface area contributed by atoms with Gasteiger partial charge in [0.2, 0.25) is 0 Å². The lowest BCUT2D eigenvalue weighted by molar-refractivity contribution is -0.130. The highest BCUT2D eigenvalue weighted by atomic mass is 35.5. The molecule has 29 heavy (non-hydrogen) atoms. The number of carbonyl (C=O) groups is 1. The van der Waals surface area contributed by atoms with Crippen molar-refractivity contribution in [1.82, 2.24) is 5.01 Å². The highest BCUT2D eigenvalue weighted by molar-refractivity contribution is 8.00. The lowest BCUT2D eigenvalue weighted by Gasteiger charge is -2.19. The number of amides is 1. The Bertz CT molecular complexity index is 1020. The number of nitrogens with zero attached hydrogens (tertiary/aromatic N) is 2. The second kappa shape index (κ2) is 8.76. The molecule has 0 saturated heterocycles. The molecule has 0 N–H and O–H groups in total. The Labute approximate surface area is 178 Å². The van der Waals surface area contributed by atoms with Crippen LogP contribution in [0.5, 0.6) is 5.75 Å². The Balaban J connectivity index is 1.55. The predicted octanol–water partition coefficient (Wildman–Crippen LogP) is 5.41. The third-order valence-electron chi connectivity index (χ3n) is 4.65. The molecular formula is C22H19ClN2O3S. The highest BCUT2D eigenvalue weighted by Gasteiger charge is 2.34. The van der Waals surface area contributed by atoms with Gasteiger partial charge in [-0.05, 0) is 54.1 Å². The summed E-state index contributed by atoms with van der Waals surface area (Å²) in [5.41, 5.74) is 1.79. The van der Waals surface area contributed by atoms with Crippen molar-refractivity contribution in [2.75, 3.05) is 12.9 Å². The molecular weight excluding hydrogens is 408 g/mol. The van der Waals surface area contributed by atoms with E-state index in [1.54, 1.807) is 13.4 Å².